The second-order valence-electron chi connectivity index (χ2n) is 8.17. The van der Waals surface area contributed by atoms with E-state index in [1.54, 1.807) is 37.3 Å². The maximum Gasteiger partial charge on any atom is 0.407 e. The number of anilines is 1. The van der Waals surface area contributed by atoms with Gasteiger partial charge in [0.15, 0.2) is 18.1 Å². The average Bonchev–Trinajstić information content (AvgIpc) is 2.93. The van der Waals surface area contributed by atoms with Gasteiger partial charge in [0.25, 0.3) is 5.91 Å². The third kappa shape index (κ3) is 9.84. The molecular formula is C29H32N4O6. The smallest absolute Gasteiger partial charge is 0.407 e. The molecule has 10 heteroatoms. The fourth-order valence-electron chi connectivity index (χ4n) is 3.52. The van der Waals surface area contributed by atoms with Gasteiger partial charge in [-0.25, -0.2) is 10.2 Å². The molecule has 3 rings (SSSR count). The van der Waals surface area contributed by atoms with Gasteiger partial charge >= 0.3 is 6.09 Å². The van der Waals surface area contributed by atoms with Gasteiger partial charge in [0, 0.05) is 5.69 Å². The van der Waals surface area contributed by atoms with Crippen molar-refractivity contribution in [2.24, 2.45) is 5.10 Å². The predicted octanol–water partition coefficient (Wildman–Crippen LogP) is 4.43. The minimum Gasteiger partial charge on any atom is -0.490 e. The van der Waals surface area contributed by atoms with Crippen LogP contribution in [-0.4, -0.2) is 43.9 Å². The second-order valence-corrected chi connectivity index (χ2v) is 8.17. The Morgan fingerprint density at radius 1 is 0.846 bits per heavy atom. The number of hydrazone groups is 1. The number of alkyl carbamates (subject to hydrolysis) is 1. The molecule has 1 atom stereocenters. The quantitative estimate of drug-likeness (QED) is 0.221. The minimum atomic E-state index is -0.606. The molecule has 0 radical (unpaired) electrons. The van der Waals surface area contributed by atoms with E-state index in [1.807, 2.05) is 55.5 Å². The summed E-state index contributed by atoms with van der Waals surface area (Å²) in [7, 11) is 0. The van der Waals surface area contributed by atoms with Gasteiger partial charge in [0.05, 0.1) is 31.9 Å². The van der Waals surface area contributed by atoms with Gasteiger partial charge < -0.3 is 24.8 Å². The number of carbonyl (C=O) groups excluding carboxylic acids is 3. The van der Waals surface area contributed by atoms with Gasteiger partial charge in [-0.05, 0) is 55.3 Å². The van der Waals surface area contributed by atoms with Gasteiger partial charge in [-0.3, -0.25) is 9.59 Å². The molecule has 204 valence electrons. The molecule has 10 nitrogen and oxygen atoms in total. The van der Waals surface area contributed by atoms with Crippen molar-refractivity contribution in [1.29, 1.82) is 0 Å². The first-order chi connectivity index (χ1) is 19.0. The topological polar surface area (TPSA) is 127 Å². The number of hydrogen-bond acceptors (Lipinski definition) is 7. The molecule has 3 aromatic rings. The highest BCUT2D eigenvalue weighted by molar-refractivity contribution is 5.92. The van der Waals surface area contributed by atoms with Crippen LogP contribution in [0.3, 0.4) is 0 Å². The number of nitrogens with one attached hydrogen (secondary N) is 3. The number of ether oxygens (including phenoxy) is 3. The molecule has 3 amide bonds. The zero-order chi connectivity index (χ0) is 27.9. The van der Waals surface area contributed by atoms with E-state index in [1.165, 1.54) is 6.21 Å². The van der Waals surface area contributed by atoms with Crippen molar-refractivity contribution < 1.29 is 28.6 Å². The maximum atomic E-state index is 12.6. The fraction of sp³-hybridized carbons (Fsp3) is 0.241. The van der Waals surface area contributed by atoms with Crippen LogP contribution < -0.4 is 25.5 Å². The normalized spacial score (nSPS) is 11.3. The molecule has 0 bridgehead atoms. The number of nitrogens with zero attached hydrogens (tertiary/aromatic N) is 1. The molecule has 0 heterocycles. The van der Waals surface area contributed by atoms with Crippen molar-refractivity contribution in [3.05, 3.63) is 90.0 Å². The zero-order valence-corrected chi connectivity index (χ0v) is 21.9. The van der Waals surface area contributed by atoms with Crippen LogP contribution in [0.25, 0.3) is 0 Å². The van der Waals surface area contributed by atoms with Crippen molar-refractivity contribution in [2.75, 3.05) is 25.1 Å². The molecule has 0 aromatic heterocycles. The first-order valence-corrected chi connectivity index (χ1v) is 12.5. The molecule has 0 saturated heterocycles. The minimum absolute atomic E-state index is 0.0395. The monoisotopic (exact) mass is 532 g/mol. The van der Waals surface area contributed by atoms with Crippen LogP contribution in [0.5, 0.6) is 11.5 Å². The number of hydrogen-bond donors (Lipinski definition) is 3. The predicted molar refractivity (Wildman–Crippen MR) is 148 cm³/mol. The van der Waals surface area contributed by atoms with E-state index in [9.17, 15) is 14.4 Å². The van der Waals surface area contributed by atoms with E-state index in [4.69, 9.17) is 14.2 Å². The van der Waals surface area contributed by atoms with E-state index in [-0.39, 0.29) is 25.5 Å². The van der Waals surface area contributed by atoms with Gasteiger partial charge in [-0.1, -0.05) is 48.5 Å². The highest BCUT2D eigenvalue weighted by Crippen LogP contribution is 2.28. The van der Waals surface area contributed by atoms with E-state index in [0.29, 0.717) is 29.4 Å². The lowest BCUT2D eigenvalue weighted by atomic mass is 10.0. The molecule has 0 spiro atoms. The third-order valence-electron chi connectivity index (χ3n) is 5.25. The van der Waals surface area contributed by atoms with Crippen LogP contribution in [-0.2, 0) is 14.3 Å². The summed E-state index contributed by atoms with van der Waals surface area (Å²) in [4.78, 5) is 36.7. The summed E-state index contributed by atoms with van der Waals surface area (Å²) < 4.78 is 16.3. The highest BCUT2D eigenvalue weighted by Gasteiger charge is 2.19. The standard InChI is InChI=1S/C29H32N4O6/c1-3-37-26-17-21(15-16-25(26)39-20-28(35)31-23-13-9-6-10-14-23)19-30-33-27(34)18-24(32-29(36)38-4-2)22-11-7-5-8-12-22/h5-17,19,24H,3-4,18,20H2,1-2H3,(H,31,35)(H,32,36)(H,33,34)/b30-19-/t24-/m1/s1. The summed E-state index contributed by atoms with van der Waals surface area (Å²) >= 11 is 0. The molecule has 0 aliphatic heterocycles. The van der Waals surface area contributed by atoms with Crippen LogP contribution in [0.1, 0.15) is 37.4 Å². The van der Waals surface area contributed by atoms with E-state index in [2.05, 4.69) is 21.2 Å². The van der Waals surface area contributed by atoms with Crippen LogP contribution in [0, 0.1) is 0 Å². The summed E-state index contributed by atoms with van der Waals surface area (Å²) in [6.45, 7) is 3.95. The Hall–Kier alpha value is -4.86. The number of amides is 3. The maximum absolute atomic E-state index is 12.6. The lowest BCUT2D eigenvalue weighted by molar-refractivity contribution is -0.121. The molecule has 3 aromatic carbocycles. The lowest BCUT2D eigenvalue weighted by Gasteiger charge is -2.18. The Balaban J connectivity index is 1.58. The van der Waals surface area contributed by atoms with Crippen LogP contribution in [0.15, 0.2) is 84.0 Å². The second kappa shape index (κ2) is 15.4. The number of benzene rings is 3. The van der Waals surface area contributed by atoms with Gasteiger partial charge in [0.1, 0.15) is 0 Å². The van der Waals surface area contributed by atoms with E-state index < -0.39 is 18.0 Å². The molecule has 0 unspecified atom stereocenters. The largest absolute Gasteiger partial charge is 0.490 e. The van der Waals surface area contributed by atoms with Gasteiger partial charge in [-0.2, -0.15) is 5.10 Å². The van der Waals surface area contributed by atoms with Crippen molar-refractivity contribution in [3.8, 4) is 11.5 Å². The Morgan fingerprint density at radius 3 is 2.26 bits per heavy atom. The average molecular weight is 533 g/mol. The molecule has 0 fully saturated rings. The van der Waals surface area contributed by atoms with Gasteiger partial charge in [-0.15, -0.1) is 0 Å². The van der Waals surface area contributed by atoms with Crippen LogP contribution >= 0.6 is 0 Å². The third-order valence-corrected chi connectivity index (χ3v) is 5.25. The Morgan fingerprint density at radius 2 is 1.56 bits per heavy atom. The fourth-order valence-corrected chi connectivity index (χ4v) is 3.52. The van der Waals surface area contributed by atoms with E-state index in [0.717, 1.165) is 5.56 Å². The zero-order valence-electron chi connectivity index (χ0n) is 21.9. The summed E-state index contributed by atoms with van der Waals surface area (Å²) in [6.07, 6.45) is 0.816. The van der Waals surface area contributed by atoms with E-state index >= 15 is 0 Å². The van der Waals surface area contributed by atoms with Crippen LogP contribution in [0.4, 0.5) is 10.5 Å². The lowest BCUT2D eigenvalue weighted by Crippen LogP contribution is -2.33. The van der Waals surface area contributed by atoms with Crippen molar-refractivity contribution in [2.45, 2.75) is 26.3 Å². The van der Waals surface area contributed by atoms with Crippen molar-refractivity contribution >= 4 is 29.8 Å². The Kier molecular flexibility index (Phi) is 11.3. The summed E-state index contributed by atoms with van der Waals surface area (Å²) in [5.41, 5.74) is 4.56. The number of carbonyl (C=O) groups is 3. The molecule has 0 aliphatic rings. The van der Waals surface area contributed by atoms with Gasteiger partial charge in [0.2, 0.25) is 5.91 Å². The highest BCUT2D eigenvalue weighted by atomic mass is 16.5. The number of para-hydroxylation sites is 1. The summed E-state index contributed by atoms with van der Waals surface area (Å²) in [5.74, 6) is 0.134. The number of rotatable bonds is 13. The molecule has 0 saturated carbocycles. The molecular weight excluding hydrogens is 500 g/mol. The Bertz CT molecular complexity index is 1250. The summed E-state index contributed by atoms with van der Waals surface area (Å²) in [5, 5.41) is 9.49. The Labute approximate surface area is 227 Å². The summed E-state index contributed by atoms with van der Waals surface area (Å²) in [6, 6.07) is 22.7. The van der Waals surface area contributed by atoms with Crippen molar-refractivity contribution in [3.63, 3.8) is 0 Å². The van der Waals surface area contributed by atoms with Crippen LogP contribution in [0.2, 0.25) is 0 Å². The first kappa shape index (κ1) is 28.7. The van der Waals surface area contributed by atoms with Crippen molar-refractivity contribution in [1.82, 2.24) is 10.7 Å². The molecule has 3 N–H and O–H groups in total. The molecule has 0 aliphatic carbocycles. The molecule has 39 heavy (non-hydrogen) atoms. The SMILES string of the molecule is CCOC(=O)N[C@H](CC(=O)N/N=C\c1ccc(OCC(=O)Nc2ccccc2)c(OCC)c1)c1ccccc1. The first-order valence-electron chi connectivity index (χ1n) is 12.5.